The van der Waals surface area contributed by atoms with Crippen LogP contribution in [0.1, 0.15) is 62.2 Å². The number of aromatic nitrogens is 2. The molecule has 0 radical (unpaired) electrons. The molecular formula is C34H35ClF3N3O3S. The van der Waals surface area contributed by atoms with E-state index in [4.69, 9.17) is 16.3 Å². The predicted molar refractivity (Wildman–Crippen MR) is 173 cm³/mol. The maximum atomic E-state index is 14.5. The van der Waals surface area contributed by atoms with E-state index >= 15 is 0 Å². The first-order chi connectivity index (χ1) is 21.4. The number of alkyl halides is 3. The second-order valence-corrected chi connectivity index (χ2v) is 13.1. The number of pyridine rings is 1. The van der Waals surface area contributed by atoms with Crippen molar-refractivity contribution in [2.24, 2.45) is 11.8 Å². The molecular weight excluding hydrogens is 623 g/mol. The summed E-state index contributed by atoms with van der Waals surface area (Å²) in [7, 11) is 0. The topological polar surface area (TPSA) is 64.4 Å². The van der Waals surface area contributed by atoms with Crippen molar-refractivity contribution in [3.63, 3.8) is 0 Å². The molecule has 1 fully saturated rings. The van der Waals surface area contributed by atoms with Crippen molar-refractivity contribution in [2.45, 2.75) is 53.1 Å². The van der Waals surface area contributed by atoms with Crippen LogP contribution in [0.25, 0.3) is 27.5 Å². The van der Waals surface area contributed by atoms with Gasteiger partial charge >= 0.3 is 6.18 Å². The first-order valence-electron chi connectivity index (χ1n) is 15.0. The van der Waals surface area contributed by atoms with Crippen molar-refractivity contribution in [3.8, 4) is 33.3 Å². The summed E-state index contributed by atoms with van der Waals surface area (Å²) in [5, 5.41) is 2.45. The van der Waals surface area contributed by atoms with E-state index in [1.807, 2.05) is 25.7 Å². The highest BCUT2D eigenvalue weighted by molar-refractivity contribution is 7.13. The zero-order valence-electron chi connectivity index (χ0n) is 25.6. The third-order valence-corrected chi connectivity index (χ3v) is 8.89. The normalized spacial score (nSPS) is 15.5. The number of hydrogen-bond donors (Lipinski definition) is 0. The van der Waals surface area contributed by atoms with Gasteiger partial charge < -0.3 is 9.64 Å². The summed E-state index contributed by atoms with van der Waals surface area (Å²) in [6.07, 6.45) is -2.08. The number of ether oxygens (including phenoxy) is 1. The molecule has 11 heteroatoms. The highest BCUT2D eigenvalue weighted by Crippen LogP contribution is 2.35. The third-order valence-electron chi connectivity index (χ3n) is 7.78. The van der Waals surface area contributed by atoms with Gasteiger partial charge in [0.05, 0.1) is 34.7 Å². The quantitative estimate of drug-likeness (QED) is 0.190. The van der Waals surface area contributed by atoms with Crippen molar-refractivity contribution in [1.82, 2.24) is 14.5 Å². The van der Waals surface area contributed by atoms with E-state index in [-0.39, 0.29) is 17.4 Å². The largest absolute Gasteiger partial charge is 0.492 e. The Hall–Kier alpha value is -3.63. The summed E-state index contributed by atoms with van der Waals surface area (Å²) in [6, 6.07) is 11.4. The molecule has 6 nitrogen and oxygen atoms in total. The monoisotopic (exact) mass is 657 g/mol. The Balaban J connectivity index is 1.73. The lowest BCUT2D eigenvalue weighted by molar-refractivity contribution is -0.137. The molecule has 0 spiro atoms. The maximum absolute atomic E-state index is 14.5. The Morgan fingerprint density at radius 2 is 1.89 bits per heavy atom. The lowest BCUT2D eigenvalue weighted by Crippen LogP contribution is -2.40. The number of halogens is 4. The standard InChI is InChI=1S/C34H35ClF3N3O3S/c1-5-44-30-13-12-24(35)16-29(30)41-28(15-20(2)3)25(32(42)40-14-6-7-21(4)18-40)17-26(33(41)43)31-39-27(19-45-31)22-8-10-23(11-9-22)34(36,37)38/h8-13,16-17,19-21H,5-7,14-15,18H2,1-4H3/t21-/m1/s1. The summed E-state index contributed by atoms with van der Waals surface area (Å²) < 4.78 is 46.9. The van der Waals surface area contributed by atoms with Gasteiger partial charge in [0.1, 0.15) is 10.8 Å². The van der Waals surface area contributed by atoms with Crippen molar-refractivity contribution in [1.29, 1.82) is 0 Å². The second-order valence-electron chi connectivity index (χ2n) is 11.8. The second kappa shape index (κ2) is 13.4. The first-order valence-corrected chi connectivity index (χ1v) is 16.3. The maximum Gasteiger partial charge on any atom is 0.416 e. The first kappa shape index (κ1) is 32.8. The average Bonchev–Trinajstić information content (AvgIpc) is 3.48. The van der Waals surface area contributed by atoms with Crippen LogP contribution >= 0.6 is 22.9 Å². The molecule has 0 N–H and O–H groups in total. The summed E-state index contributed by atoms with van der Waals surface area (Å²) in [6.45, 7) is 9.61. The summed E-state index contributed by atoms with van der Waals surface area (Å²) in [5.74, 6) is 0.742. The van der Waals surface area contributed by atoms with E-state index in [2.05, 4.69) is 11.9 Å². The number of amides is 1. The highest BCUT2D eigenvalue weighted by Gasteiger charge is 2.31. The van der Waals surface area contributed by atoms with Gasteiger partial charge in [-0.15, -0.1) is 11.3 Å². The Morgan fingerprint density at radius 3 is 2.53 bits per heavy atom. The molecule has 45 heavy (non-hydrogen) atoms. The number of piperidine rings is 1. The average molecular weight is 658 g/mol. The van der Waals surface area contributed by atoms with Crippen LogP contribution in [0.5, 0.6) is 5.75 Å². The van der Waals surface area contributed by atoms with Crippen molar-refractivity contribution in [3.05, 3.63) is 86.1 Å². The van der Waals surface area contributed by atoms with E-state index in [0.717, 1.165) is 25.0 Å². The van der Waals surface area contributed by atoms with Crippen LogP contribution in [0.15, 0.2) is 58.7 Å². The van der Waals surface area contributed by atoms with E-state index in [0.29, 0.717) is 76.0 Å². The fraction of sp³-hybridized carbons (Fsp3) is 0.382. The Bertz CT molecular complexity index is 1750. The van der Waals surface area contributed by atoms with Gasteiger partial charge in [0, 0.05) is 34.7 Å². The number of thiazole rings is 1. The Kier molecular flexibility index (Phi) is 9.74. The van der Waals surface area contributed by atoms with E-state index in [1.54, 1.807) is 29.6 Å². The van der Waals surface area contributed by atoms with Gasteiger partial charge in [-0.05, 0) is 74.4 Å². The fourth-order valence-electron chi connectivity index (χ4n) is 5.68. The zero-order chi connectivity index (χ0) is 32.5. The lowest BCUT2D eigenvalue weighted by Gasteiger charge is -2.32. The van der Waals surface area contributed by atoms with E-state index in [1.165, 1.54) is 28.0 Å². The minimum Gasteiger partial charge on any atom is -0.492 e. The van der Waals surface area contributed by atoms with Gasteiger partial charge in [-0.1, -0.05) is 44.5 Å². The lowest BCUT2D eigenvalue weighted by atomic mass is 9.96. The van der Waals surface area contributed by atoms with Crippen LogP contribution in [0.3, 0.4) is 0 Å². The van der Waals surface area contributed by atoms with Crippen LogP contribution in [-0.4, -0.2) is 40.1 Å². The van der Waals surface area contributed by atoms with Crippen LogP contribution in [0.2, 0.25) is 5.02 Å². The summed E-state index contributed by atoms with van der Waals surface area (Å²) in [4.78, 5) is 35.3. The van der Waals surface area contributed by atoms with Gasteiger partial charge in [-0.3, -0.25) is 14.2 Å². The number of benzene rings is 2. The number of carbonyl (C=O) groups is 1. The molecule has 2 aromatic heterocycles. The Labute approximate surface area is 269 Å². The number of hydrogen-bond acceptors (Lipinski definition) is 5. The van der Waals surface area contributed by atoms with Crippen LogP contribution < -0.4 is 10.3 Å². The number of nitrogens with zero attached hydrogens (tertiary/aromatic N) is 3. The SMILES string of the molecule is CCOc1ccc(Cl)cc1-n1c(CC(C)C)c(C(=O)N2CCC[C@@H](C)C2)cc(-c2nc(-c3ccc(C(F)(F)F)cc3)cs2)c1=O. The smallest absolute Gasteiger partial charge is 0.416 e. The molecule has 0 bridgehead atoms. The molecule has 1 atom stereocenters. The van der Waals surface area contributed by atoms with E-state index < -0.39 is 17.3 Å². The third kappa shape index (κ3) is 7.12. The molecule has 0 saturated carbocycles. The van der Waals surface area contributed by atoms with Crippen molar-refractivity contribution in [2.75, 3.05) is 19.7 Å². The van der Waals surface area contributed by atoms with Crippen molar-refractivity contribution < 1.29 is 22.7 Å². The molecule has 1 aliphatic heterocycles. The predicted octanol–water partition coefficient (Wildman–Crippen LogP) is 8.77. The Morgan fingerprint density at radius 1 is 1.16 bits per heavy atom. The van der Waals surface area contributed by atoms with Crippen molar-refractivity contribution >= 4 is 28.8 Å². The van der Waals surface area contributed by atoms with Crippen LogP contribution in [0, 0.1) is 11.8 Å². The summed E-state index contributed by atoms with van der Waals surface area (Å²) >= 11 is 7.65. The zero-order valence-corrected chi connectivity index (χ0v) is 27.2. The highest BCUT2D eigenvalue weighted by atomic mass is 35.5. The molecule has 3 heterocycles. The van der Waals surface area contributed by atoms with Gasteiger partial charge in [-0.2, -0.15) is 13.2 Å². The minimum atomic E-state index is -4.45. The number of carbonyl (C=O) groups excluding carboxylic acids is 1. The van der Waals surface area contributed by atoms with Gasteiger partial charge in [0.25, 0.3) is 11.5 Å². The summed E-state index contributed by atoms with van der Waals surface area (Å²) in [5.41, 5.74) is 1.35. The molecule has 1 saturated heterocycles. The molecule has 5 rings (SSSR count). The van der Waals surface area contributed by atoms with Gasteiger partial charge in [-0.25, -0.2) is 4.98 Å². The molecule has 1 aliphatic rings. The minimum absolute atomic E-state index is 0.106. The number of likely N-dealkylation sites (tertiary alicyclic amines) is 1. The molecule has 1 amide bonds. The van der Waals surface area contributed by atoms with Gasteiger partial charge in [0.15, 0.2) is 0 Å². The molecule has 0 aliphatic carbocycles. The number of rotatable bonds is 8. The fourth-order valence-corrected chi connectivity index (χ4v) is 6.68. The van der Waals surface area contributed by atoms with E-state index in [9.17, 15) is 22.8 Å². The molecule has 2 aromatic carbocycles. The van der Waals surface area contributed by atoms with Crippen LogP contribution in [-0.2, 0) is 12.6 Å². The molecule has 4 aromatic rings. The molecule has 0 unspecified atom stereocenters. The molecule has 238 valence electrons. The van der Waals surface area contributed by atoms with Crippen LogP contribution in [0.4, 0.5) is 13.2 Å². The van der Waals surface area contributed by atoms with Gasteiger partial charge in [0.2, 0.25) is 0 Å².